The van der Waals surface area contributed by atoms with Crippen molar-refractivity contribution in [1.82, 2.24) is 0 Å². The van der Waals surface area contributed by atoms with Gasteiger partial charge in [0.05, 0.1) is 11.2 Å². The molecule has 6 nitrogen and oxygen atoms in total. The Kier molecular flexibility index (Phi) is 12.9. The summed E-state index contributed by atoms with van der Waals surface area (Å²) in [5.74, 6) is 0. The second kappa shape index (κ2) is 16.8. The van der Waals surface area contributed by atoms with Crippen molar-refractivity contribution in [1.29, 1.82) is 0 Å². The summed E-state index contributed by atoms with van der Waals surface area (Å²) in [7, 11) is -1.11. The SMILES string of the molecule is CCOB(OC(C)(C)CC)c1cc(C(C)(C)C)cc2c1oc1c(C(C)(C)CCc3cc(C(C)(C)C)c4oc5c(C(C)(C)C)cc(C)c(B6OC(C)(C)C(C)(C)O6)c5c4c3)cc(C(C)(C)C)cc12. The van der Waals surface area contributed by atoms with E-state index in [-0.39, 0.29) is 32.7 Å². The first-order valence-electron chi connectivity index (χ1n) is 25.3. The summed E-state index contributed by atoms with van der Waals surface area (Å²) in [4.78, 5) is 0. The average Bonchev–Trinajstić information content (AvgIpc) is 3.81. The van der Waals surface area contributed by atoms with E-state index in [1.54, 1.807) is 0 Å². The Labute approximate surface area is 405 Å². The number of rotatable bonds is 11. The lowest BCUT2D eigenvalue weighted by Crippen LogP contribution is -2.44. The molecule has 1 aliphatic heterocycles. The Morgan fingerprint density at radius 2 is 1.07 bits per heavy atom. The molecule has 0 unspecified atom stereocenters. The van der Waals surface area contributed by atoms with Crippen LogP contribution in [0.4, 0.5) is 0 Å². The molecule has 0 radical (unpaired) electrons. The molecule has 0 N–H and O–H groups in total. The number of benzene rings is 4. The fraction of sp³-hybridized carbons (Fsp3) is 0.593. The Morgan fingerprint density at radius 3 is 1.60 bits per heavy atom. The Balaban J connectivity index is 1.43. The van der Waals surface area contributed by atoms with Gasteiger partial charge in [0.15, 0.2) is 0 Å². The maximum atomic E-state index is 7.27. The molecule has 6 aromatic rings. The number of fused-ring (bicyclic) bond motifs is 6. The predicted octanol–water partition coefficient (Wildman–Crippen LogP) is 15.1. The van der Waals surface area contributed by atoms with Crippen LogP contribution >= 0.6 is 0 Å². The lowest BCUT2D eigenvalue weighted by atomic mass is 9.71. The fourth-order valence-electron chi connectivity index (χ4n) is 9.65. The third-order valence-electron chi connectivity index (χ3n) is 15.3. The fourth-order valence-corrected chi connectivity index (χ4v) is 9.65. The number of hydrogen-bond donors (Lipinski definition) is 0. The topological polar surface area (TPSA) is 63.2 Å². The summed E-state index contributed by atoms with van der Waals surface area (Å²) in [6, 6.07) is 16.5. The van der Waals surface area contributed by atoms with Gasteiger partial charge in [0, 0.05) is 55.9 Å². The molecule has 8 heteroatoms. The van der Waals surface area contributed by atoms with Gasteiger partial charge in [-0.3, -0.25) is 0 Å². The van der Waals surface area contributed by atoms with Gasteiger partial charge in [-0.1, -0.05) is 134 Å². The minimum atomic E-state index is -0.580. The summed E-state index contributed by atoms with van der Waals surface area (Å²) in [5, 5.41) is 4.49. The molecule has 3 heterocycles. The molecule has 0 aliphatic carbocycles. The van der Waals surface area contributed by atoms with E-state index in [4.69, 9.17) is 27.5 Å². The van der Waals surface area contributed by atoms with Crippen LogP contribution in [0.2, 0.25) is 0 Å². The highest BCUT2D eigenvalue weighted by Gasteiger charge is 2.53. The Hall–Kier alpha value is -3.55. The zero-order valence-corrected chi connectivity index (χ0v) is 46.0. The molecular weight excluding hydrogens is 826 g/mol. The van der Waals surface area contributed by atoms with Crippen molar-refractivity contribution in [3.63, 3.8) is 0 Å². The highest BCUT2D eigenvalue weighted by atomic mass is 16.7. The van der Waals surface area contributed by atoms with Gasteiger partial charge in [-0.25, -0.2) is 0 Å². The predicted molar refractivity (Wildman–Crippen MR) is 287 cm³/mol. The molecule has 362 valence electrons. The minimum absolute atomic E-state index is 0.0941. The summed E-state index contributed by atoms with van der Waals surface area (Å²) in [5.41, 5.74) is 12.1. The summed E-state index contributed by atoms with van der Waals surface area (Å²) in [6.07, 6.45) is 2.60. The van der Waals surface area contributed by atoms with Crippen LogP contribution in [0.1, 0.15) is 204 Å². The number of hydrogen-bond acceptors (Lipinski definition) is 6. The van der Waals surface area contributed by atoms with Crippen molar-refractivity contribution in [3.8, 4) is 0 Å². The first kappa shape index (κ1) is 51.3. The van der Waals surface area contributed by atoms with Gasteiger partial charge in [-0.05, 0) is 142 Å². The van der Waals surface area contributed by atoms with Gasteiger partial charge in [0.1, 0.15) is 22.3 Å². The van der Waals surface area contributed by atoms with Crippen LogP contribution in [0.25, 0.3) is 43.9 Å². The van der Waals surface area contributed by atoms with Gasteiger partial charge in [0.2, 0.25) is 0 Å². The molecule has 0 atom stereocenters. The van der Waals surface area contributed by atoms with Crippen LogP contribution in [0.15, 0.2) is 51.3 Å². The van der Waals surface area contributed by atoms with Gasteiger partial charge >= 0.3 is 14.2 Å². The summed E-state index contributed by atoms with van der Waals surface area (Å²) >= 11 is 0. The van der Waals surface area contributed by atoms with Crippen molar-refractivity contribution in [2.75, 3.05) is 6.61 Å². The molecule has 0 saturated carbocycles. The van der Waals surface area contributed by atoms with E-state index in [1.807, 2.05) is 6.92 Å². The molecule has 0 spiro atoms. The standard InChI is InChI=1S/C59H84B2O6/c1-24-57(18,19)65-60(62-25-2)45-34-38(53(7,8)9)32-40-39-31-37(52(4,5)6)33-44(48(39)63-50(40)45)56(16,17)27-26-36-29-41-46-47(61-66-58(20,21)59(22,23)67-61)35(3)28-42(54(10,11)12)51(46)64-49(41)43(30-36)55(13,14)15/h28-34H,24-27H2,1-23H3. The van der Waals surface area contributed by atoms with E-state index >= 15 is 0 Å². The second-order valence-electron chi connectivity index (χ2n) is 26.4. The Bertz CT molecular complexity index is 2820. The van der Waals surface area contributed by atoms with Crippen LogP contribution in [0.3, 0.4) is 0 Å². The van der Waals surface area contributed by atoms with Gasteiger partial charge in [-0.2, -0.15) is 0 Å². The summed E-state index contributed by atoms with van der Waals surface area (Å²) in [6.45, 7) is 52.0. The van der Waals surface area contributed by atoms with Crippen LogP contribution in [-0.2, 0) is 52.1 Å². The molecule has 0 bridgehead atoms. The molecule has 1 aliphatic rings. The van der Waals surface area contributed by atoms with E-state index in [9.17, 15) is 0 Å². The maximum Gasteiger partial charge on any atom is 0.498 e. The third kappa shape index (κ3) is 9.57. The molecule has 2 aromatic heterocycles. The van der Waals surface area contributed by atoms with E-state index in [0.717, 1.165) is 79.6 Å². The first-order valence-corrected chi connectivity index (χ1v) is 25.3. The van der Waals surface area contributed by atoms with Crippen LogP contribution < -0.4 is 10.9 Å². The zero-order chi connectivity index (χ0) is 50.0. The van der Waals surface area contributed by atoms with Crippen LogP contribution in [0, 0.1) is 6.92 Å². The number of aryl methyl sites for hydroxylation is 2. The van der Waals surface area contributed by atoms with E-state index in [0.29, 0.717) is 6.61 Å². The molecule has 4 aromatic carbocycles. The zero-order valence-electron chi connectivity index (χ0n) is 46.0. The molecule has 0 amide bonds. The quantitative estimate of drug-likeness (QED) is 0.121. The molecule has 7 rings (SSSR count). The molecular formula is C59H84B2O6. The van der Waals surface area contributed by atoms with Crippen molar-refractivity contribution >= 4 is 69.0 Å². The third-order valence-corrected chi connectivity index (χ3v) is 15.3. The second-order valence-corrected chi connectivity index (χ2v) is 26.4. The molecule has 1 saturated heterocycles. The lowest BCUT2D eigenvalue weighted by Gasteiger charge is -2.32. The highest BCUT2D eigenvalue weighted by Crippen LogP contribution is 2.46. The van der Waals surface area contributed by atoms with Crippen LogP contribution in [0.5, 0.6) is 0 Å². The maximum absolute atomic E-state index is 7.27. The van der Waals surface area contributed by atoms with Gasteiger partial charge in [-0.15, -0.1) is 0 Å². The van der Waals surface area contributed by atoms with Gasteiger partial charge < -0.3 is 27.5 Å². The molecule has 1 fully saturated rings. The monoisotopic (exact) mass is 911 g/mol. The van der Waals surface area contributed by atoms with Crippen molar-refractivity contribution in [3.05, 3.63) is 81.4 Å². The first-order chi connectivity index (χ1) is 30.5. The normalized spacial score (nSPS) is 16.4. The Morgan fingerprint density at radius 1 is 0.567 bits per heavy atom. The smallest absolute Gasteiger partial charge is 0.456 e. The van der Waals surface area contributed by atoms with E-state index in [1.165, 1.54) is 33.4 Å². The van der Waals surface area contributed by atoms with Crippen LogP contribution in [-0.4, -0.2) is 37.6 Å². The average molecular weight is 911 g/mol. The van der Waals surface area contributed by atoms with Crippen molar-refractivity contribution in [2.24, 2.45) is 0 Å². The van der Waals surface area contributed by atoms with Gasteiger partial charge in [0.25, 0.3) is 0 Å². The number of furan rings is 2. The highest BCUT2D eigenvalue weighted by molar-refractivity contribution is 6.66. The van der Waals surface area contributed by atoms with Crippen molar-refractivity contribution < 1.29 is 27.5 Å². The summed E-state index contributed by atoms with van der Waals surface area (Å²) < 4.78 is 41.4. The molecule has 67 heavy (non-hydrogen) atoms. The van der Waals surface area contributed by atoms with Crippen molar-refractivity contribution in [2.45, 2.75) is 222 Å². The van der Waals surface area contributed by atoms with E-state index < -0.39 is 25.4 Å². The largest absolute Gasteiger partial charge is 0.498 e. The lowest BCUT2D eigenvalue weighted by molar-refractivity contribution is 0.00578. The van der Waals surface area contributed by atoms with E-state index in [2.05, 4.69) is 195 Å². The minimum Gasteiger partial charge on any atom is -0.456 e.